The maximum Gasteiger partial charge on any atom is 0.134 e. The summed E-state index contributed by atoms with van der Waals surface area (Å²) in [5.41, 5.74) is 0. The Morgan fingerprint density at radius 2 is 1.28 bits per heavy atom. The highest BCUT2D eigenvalue weighted by Crippen LogP contribution is 2.43. The number of hydrogen-bond donors (Lipinski definition) is 0. The molecule has 4 atom stereocenters. The SMILES string of the molecule is CC.CC1CCC(C2CCC(C)C(F)C2F)CC1. The van der Waals surface area contributed by atoms with Crippen molar-refractivity contribution in [3.63, 3.8) is 0 Å². The molecule has 2 aliphatic rings. The first kappa shape index (κ1) is 15.9. The lowest BCUT2D eigenvalue weighted by molar-refractivity contribution is -0.00577. The Labute approximate surface area is 112 Å². The molecule has 0 aromatic carbocycles. The molecule has 0 heterocycles. The summed E-state index contributed by atoms with van der Waals surface area (Å²) in [5.74, 6) is 1.18. The maximum absolute atomic E-state index is 14.0. The highest BCUT2D eigenvalue weighted by molar-refractivity contribution is 4.90. The zero-order valence-corrected chi connectivity index (χ0v) is 12.5. The predicted molar refractivity (Wildman–Crippen MR) is 74.2 cm³/mol. The van der Waals surface area contributed by atoms with Gasteiger partial charge in [-0.15, -0.1) is 0 Å². The van der Waals surface area contributed by atoms with Crippen molar-refractivity contribution in [2.75, 3.05) is 0 Å². The standard InChI is InChI=1S/C14H24F2.C2H6/c1-9-3-6-11(7-4-9)12-8-5-10(2)13(15)14(12)16;1-2/h9-14H,3-8H2,1-2H3;1-2H3. The van der Waals surface area contributed by atoms with E-state index in [0.717, 1.165) is 31.6 Å². The molecule has 0 saturated heterocycles. The fourth-order valence-electron chi connectivity index (χ4n) is 3.53. The lowest BCUT2D eigenvalue weighted by Crippen LogP contribution is -2.41. The Kier molecular flexibility index (Phi) is 6.59. The summed E-state index contributed by atoms with van der Waals surface area (Å²) in [6, 6.07) is 0. The van der Waals surface area contributed by atoms with Gasteiger partial charge in [0, 0.05) is 0 Å². The van der Waals surface area contributed by atoms with E-state index >= 15 is 0 Å². The molecule has 0 aromatic rings. The van der Waals surface area contributed by atoms with Gasteiger partial charge in [-0.3, -0.25) is 0 Å². The first-order chi connectivity index (χ1) is 8.59. The minimum absolute atomic E-state index is 0.0127. The zero-order valence-electron chi connectivity index (χ0n) is 12.5. The van der Waals surface area contributed by atoms with Crippen LogP contribution in [0.1, 0.15) is 66.2 Å². The molecule has 2 heteroatoms. The molecule has 2 fully saturated rings. The molecule has 18 heavy (non-hydrogen) atoms. The van der Waals surface area contributed by atoms with E-state index in [0.29, 0.717) is 5.92 Å². The van der Waals surface area contributed by atoms with Crippen LogP contribution in [0.2, 0.25) is 0 Å². The van der Waals surface area contributed by atoms with Gasteiger partial charge in [-0.1, -0.05) is 40.5 Å². The monoisotopic (exact) mass is 260 g/mol. The van der Waals surface area contributed by atoms with Crippen LogP contribution in [0.5, 0.6) is 0 Å². The normalized spacial score (nSPS) is 45.0. The third-order valence-corrected chi connectivity index (χ3v) is 4.88. The van der Waals surface area contributed by atoms with Crippen LogP contribution in [0.4, 0.5) is 8.78 Å². The summed E-state index contributed by atoms with van der Waals surface area (Å²) in [6.45, 7) is 8.11. The van der Waals surface area contributed by atoms with E-state index in [2.05, 4.69) is 6.92 Å². The van der Waals surface area contributed by atoms with Gasteiger partial charge in [0.25, 0.3) is 0 Å². The first-order valence-electron chi connectivity index (χ1n) is 7.87. The molecule has 2 aliphatic carbocycles. The van der Waals surface area contributed by atoms with Gasteiger partial charge in [0.15, 0.2) is 0 Å². The predicted octanol–water partition coefficient (Wildman–Crippen LogP) is 5.56. The molecule has 2 saturated carbocycles. The number of rotatable bonds is 1. The third-order valence-electron chi connectivity index (χ3n) is 4.88. The Hall–Kier alpha value is -0.140. The summed E-state index contributed by atoms with van der Waals surface area (Å²) in [5, 5.41) is 0. The van der Waals surface area contributed by atoms with Crippen molar-refractivity contribution in [1.29, 1.82) is 0 Å². The van der Waals surface area contributed by atoms with Gasteiger partial charge in [-0.25, -0.2) is 8.78 Å². The first-order valence-corrected chi connectivity index (χ1v) is 7.87. The maximum atomic E-state index is 14.0. The zero-order chi connectivity index (χ0) is 13.7. The van der Waals surface area contributed by atoms with E-state index in [1.165, 1.54) is 12.8 Å². The molecule has 0 spiro atoms. The smallest absolute Gasteiger partial charge is 0.134 e. The van der Waals surface area contributed by atoms with Crippen molar-refractivity contribution >= 4 is 0 Å². The highest BCUT2D eigenvalue weighted by atomic mass is 19.2. The summed E-state index contributed by atoms with van der Waals surface area (Å²) in [6.07, 6.45) is 4.03. The van der Waals surface area contributed by atoms with Crippen LogP contribution in [0.25, 0.3) is 0 Å². The molecule has 0 N–H and O–H groups in total. The second-order valence-corrected chi connectivity index (χ2v) is 6.13. The highest BCUT2D eigenvalue weighted by Gasteiger charge is 2.42. The minimum atomic E-state index is -1.21. The summed E-state index contributed by atoms with van der Waals surface area (Å²) in [7, 11) is 0. The average Bonchev–Trinajstić information content (AvgIpc) is 2.40. The minimum Gasteiger partial charge on any atom is -0.244 e. The Bertz CT molecular complexity index is 221. The fourth-order valence-corrected chi connectivity index (χ4v) is 3.53. The van der Waals surface area contributed by atoms with E-state index in [-0.39, 0.29) is 11.8 Å². The second kappa shape index (κ2) is 7.45. The van der Waals surface area contributed by atoms with Crippen LogP contribution < -0.4 is 0 Å². The summed E-state index contributed by atoms with van der Waals surface area (Å²) in [4.78, 5) is 0. The molecule has 0 nitrogen and oxygen atoms in total. The van der Waals surface area contributed by atoms with E-state index in [9.17, 15) is 8.78 Å². The van der Waals surface area contributed by atoms with Crippen LogP contribution in [0.15, 0.2) is 0 Å². The molecule has 0 aromatic heterocycles. The Morgan fingerprint density at radius 3 is 1.83 bits per heavy atom. The molecule has 0 aliphatic heterocycles. The Balaban J connectivity index is 0.000000771. The molecular formula is C16H30F2. The quantitative estimate of drug-likeness (QED) is 0.579. The fraction of sp³-hybridized carbons (Fsp3) is 1.00. The van der Waals surface area contributed by atoms with Crippen molar-refractivity contribution in [3.05, 3.63) is 0 Å². The van der Waals surface area contributed by atoms with Crippen molar-refractivity contribution < 1.29 is 8.78 Å². The largest absolute Gasteiger partial charge is 0.244 e. The van der Waals surface area contributed by atoms with Gasteiger partial charge < -0.3 is 0 Å². The molecule has 108 valence electrons. The van der Waals surface area contributed by atoms with Gasteiger partial charge in [-0.05, 0) is 49.4 Å². The third kappa shape index (κ3) is 3.68. The van der Waals surface area contributed by atoms with Crippen LogP contribution in [-0.4, -0.2) is 12.3 Å². The number of hydrogen-bond acceptors (Lipinski definition) is 0. The van der Waals surface area contributed by atoms with Crippen molar-refractivity contribution in [1.82, 2.24) is 0 Å². The lowest BCUT2D eigenvalue weighted by atomic mass is 9.68. The van der Waals surface area contributed by atoms with Gasteiger partial charge in [0.05, 0.1) is 0 Å². The second-order valence-electron chi connectivity index (χ2n) is 6.13. The van der Waals surface area contributed by atoms with Crippen LogP contribution >= 0.6 is 0 Å². The van der Waals surface area contributed by atoms with Gasteiger partial charge in [0.1, 0.15) is 12.3 Å². The van der Waals surface area contributed by atoms with Crippen molar-refractivity contribution in [2.45, 2.75) is 78.6 Å². The van der Waals surface area contributed by atoms with Crippen LogP contribution in [0, 0.1) is 23.7 Å². The molecule has 0 amide bonds. The number of halogens is 2. The van der Waals surface area contributed by atoms with Crippen molar-refractivity contribution in [3.8, 4) is 0 Å². The van der Waals surface area contributed by atoms with Gasteiger partial charge in [0.2, 0.25) is 0 Å². The van der Waals surface area contributed by atoms with Crippen LogP contribution in [-0.2, 0) is 0 Å². The molecule has 0 bridgehead atoms. The molecule has 4 unspecified atom stereocenters. The molecule has 0 radical (unpaired) electrons. The van der Waals surface area contributed by atoms with Crippen molar-refractivity contribution in [2.24, 2.45) is 23.7 Å². The lowest BCUT2D eigenvalue weighted by Gasteiger charge is -2.40. The molecular weight excluding hydrogens is 230 g/mol. The van der Waals surface area contributed by atoms with E-state index in [4.69, 9.17) is 0 Å². The van der Waals surface area contributed by atoms with Gasteiger partial charge >= 0.3 is 0 Å². The van der Waals surface area contributed by atoms with E-state index in [1.807, 2.05) is 20.8 Å². The average molecular weight is 260 g/mol. The van der Waals surface area contributed by atoms with E-state index < -0.39 is 12.3 Å². The van der Waals surface area contributed by atoms with Crippen LogP contribution in [0.3, 0.4) is 0 Å². The summed E-state index contributed by atoms with van der Waals surface area (Å²) < 4.78 is 27.7. The topological polar surface area (TPSA) is 0 Å². The molecule has 2 rings (SSSR count). The van der Waals surface area contributed by atoms with E-state index in [1.54, 1.807) is 0 Å². The summed E-state index contributed by atoms with van der Waals surface area (Å²) >= 11 is 0. The Morgan fingerprint density at radius 1 is 0.722 bits per heavy atom. The number of alkyl halides is 2. The van der Waals surface area contributed by atoms with Gasteiger partial charge in [-0.2, -0.15) is 0 Å².